The number of nitrogens with zero attached hydrogens (tertiary/aromatic N) is 1. The molecule has 0 bridgehead atoms. The Morgan fingerprint density at radius 1 is 1.29 bits per heavy atom. The van der Waals surface area contributed by atoms with Crippen molar-refractivity contribution >= 4 is 17.7 Å². The van der Waals surface area contributed by atoms with Crippen molar-refractivity contribution in [1.29, 1.82) is 0 Å². The lowest BCUT2D eigenvalue weighted by Gasteiger charge is -2.42. The minimum absolute atomic E-state index is 0.0269. The lowest BCUT2D eigenvalue weighted by molar-refractivity contribution is -0.139. The van der Waals surface area contributed by atoms with Gasteiger partial charge in [0.1, 0.15) is 5.82 Å². The molecule has 2 aliphatic rings. The average molecular weight is 335 g/mol. The topological polar surface area (TPSA) is 81.7 Å². The number of urea groups is 1. The van der Waals surface area contributed by atoms with Gasteiger partial charge in [-0.3, -0.25) is 9.69 Å². The summed E-state index contributed by atoms with van der Waals surface area (Å²) in [6, 6.07) is 5.60. The quantitative estimate of drug-likeness (QED) is 0.714. The number of hydrogen-bond donors (Lipinski definition) is 3. The fourth-order valence-corrected chi connectivity index (χ4v) is 3.07. The third kappa shape index (κ3) is 4.67. The molecule has 0 spiro atoms. The molecule has 0 aromatic heterocycles. The molecular formula is C17H22FN3O3. The van der Waals surface area contributed by atoms with Crippen LogP contribution in [0.2, 0.25) is 0 Å². The van der Waals surface area contributed by atoms with Crippen LogP contribution in [0.4, 0.5) is 14.9 Å². The van der Waals surface area contributed by atoms with E-state index in [1.165, 1.54) is 31.0 Å². The third-order valence-electron chi connectivity index (χ3n) is 4.58. The van der Waals surface area contributed by atoms with E-state index in [1.54, 1.807) is 6.07 Å². The Labute approximate surface area is 140 Å². The van der Waals surface area contributed by atoms with Crippen LogP contribution in [0.1, 0.15) is 25.7 Å². The van der Waals surface area contributed by atoms with Gasteiger partial charge >= 0.3 is 12.0 Å². The van der Waals surface area contributed by atoms with Crippen LogP contribution in [0.25, 0.3) is 0 Å². The van der Waals surface area contributed by atoms with Crippen molar-refractivity contribution in [2.24, 2.45) is 5.92 Å². The highest BCUT2D eigenvalue weighted by atomic mass is 19.1. The van der Waals surface area contributed by atoms with Crippen molar-refractivity contribution in [3.05, 3.63) is 30.1 Å². The molecule has 6 nitrogen and oxygen atoms in total. The van der Waals surface area contributed by atoms with E-state index in [4.69, 9.17) is 5.11 Å². The number of hydrogen-bond acceptors (Lipinski definition) is 3. The van der Waals surface area contributed by atoms with E-state index in [-0.39, 0.29) is 24.7 Å². The Morgan fingerprint density at radius 3 is 2.67 bits per heavy atom. The van der Waals surface area contributed by atoms with Gasteiger partial charge in [-0.1, -0.05) is 6.07 Å². The molecule has 2 aliphatic carbocycles. The highest BCUT2D eigenvalue weighted by Gasteiger charge is 2.37. The first-order chi connectivity index (χ1) is 11.5. The summed E-state index contributed by atoms with van der Waals surface area (Å²) in [5.74, 6) is -0.579. The predicted octanol–water partition coefficient (Wildman–Crippen LogP) is 2.27. The van der Waals surface area contributed by atoms with Gasteiger partial charge in [0.25, 0.3) is 0 Å². The van der Waals surface area contributed by atoms with E-state index in [0.717, 1.165) is 19.4 Å². The van der Waals surface area contributed by atoms with Crippen LogP contribution in [0.5, 0.6) is 0 Å². The van der Waals surface area contributed by atoms with E-state index in [9.17, 15) is 14.0 Å². The summed E-state index contributed by atoms with van der Waals surface area (Å²) in [6.07, 6.45) is 3.86. The summed E-state index contributed by atoms with van der Waals surface area (Å²) >= 11 is 0. The van der Waals surface area contributed by atoms with Gasteiger partial charge in [-0.2, -0.15) is 0 Å². The first-order valence-corrected chi connectivity index (χ1v) is 8.28. The van der Waals surface area contributed by atoms with Crippen molar-refractivity contribution in [3.8, 4) is 0 Å². The van der Waals surface area contributed by atoms with Gasteiger partial charge in [0.05, 0.1) is 6.54 Å². The maximum atomic E-state index is 13.1. The van der Waals surface area contributed by atoms with Crippen molar-refractivity contribution in [2.45, 2.75) is 37.8 Å². The van der Waals surface area contributed by atoms with E-state index >= 15 is 0 Å². The van der Waals surface area contributed by atoms with Gasteiger partial charge in [0.15, 0.2) is 0 Å². The number of carboxylic acids is 1. The number of carboxylic acid groups (broad SMARTS) is 1. The van der Waals surface area contributed by atoms with E-state index in [0.29, 0.717) is 11.6 Å². The summed E-state index contributed by atoms with van der Waals surface area (Å²) in [7, 11) is 0. The molecule has 0 unspecified atom stereocenters. The molecule has 2 fully saturated rings. The maximum absolute atomic E-state index is 13.1. The largest absolute Gasteiger partial charge is 0.480 e. The predicted molar refractivity (Wildman–Crippen MR) is 87.3 cm³/mol. The highest BCUT2D eigenvalue weighted by molar-refractivity contribution is 5.89. The Kier molecular flexibility index (Phi) is 4.99. The maximum Gasteiger partial charge on any atom is 0.319 e. The number of amides is 2. The second kappa shape index (κ2) is 7.17. The zero-order valence-electron chi connectivity index (χ0n) is 13.4. The summed E-state index contributed by atoms with van der Waals surface area (Å²) < 4.78 is 13.1. The van der Waals surface area contributed by atoms with Gasteiger partial charge in [-0.05, 0) is 49.8 Å². The minimum Gasteiger partial charge on any atom is -0.480 e. The molecule has 0 radical (unpaired) electrons. The molecule has 1 aromatic rings. The first-order valence-electron chi connectivity index (χ1n) is 8.28. The van der Waals surface area contributed by atoms with Gasteiger partial charge in [-0.15, -0.1) is 0 Å². The number of carbonyl (C=O) groups is 2. The molecule has 2 amide bonds. The van der Waals surface area contributed by atoms with Crippen molar-refractivity contribution in [3.63, 3.8) is 0 Å². The average Bonchev–Trinajstić information content (AvgIpc) is 3.25. The highest BCUT2D eigenvalue weighted by Crippen LogP contribution is 2.33. The SMILES string of the molecule is O=C(O)CN(CC1CC1)C1CC(NC(=O)Nc2cccc(F)c2)C1. The zero-order chi connectivity index (χ0) is 17.1. The molecule has 130 valence electrons. The van der Waals surface area contributed by atoms with Gasteiger partial charge < -0.3 is 15.7 Å². The molecule has 7 heteroatoms. The van der Waals surface area contributed by atoms with Crippen LogP contribution in [0, 0.1) is 11.7 Å². The van der Waals surface area contributed by atoms with Crippen LogP contribution in [-0.4, -0.2) is 47.2 Å². The summed E-state index contributed by atoms with van der Waals surface area (Å²) in [5.41, 5.74) is 0.407. The number of rotatable bonds is 7. The normalized spacial score (nSPS) is 22.8. The lowest BCUT2D eigenvalue weighted by Crippen LogP contribution is -2.55. The number of anilines is 1. The summed E-state index contributed by atoms with van der Waals surface area (Å²) in [4.78, 5) is 24.9. The number of halogens is 1. The molecule has 2 saturated carbocycles. The van der Waals surface area contributed by atoms with Crippen LogP contribution in [-0.2, 0) is 4.79 Å². The minimum atomic E-state index is -0.809. The Morgan fingerprint density at radius 2 is 2.04 bits per heavy atom. The zero-order valence-corrected chi connectivity index (χ0v) is 13.4. The summed E-state index contributed by atoms with van der Waals surface area (Å²) in [5, 5.41) is 14.5. The molecule has 24 heavy (non-hydrogen) atoms. The Balaban J connectivity index is 1.43. The molecule has 3 rings (SSSR count). The van der Waals surface area contributed by atoms with E-state index in [2.05, 4.69) is 10.6 Å². The lowest BCUT2D eigenvalue weighted by atomic mass is 9.85. The fourth-order valence-electron chi connectivity index (χ4n) is 3.07. The fraction of sp³-hybridized carbons (Fsp3) is 0.529. The second-order valence-corrected chi connectivity index (χ2v) is 6.70. The van der Waals surface area contributed by atoms with E-state index in [1.807, 2.05) is 4.90 Å². The van der Waals surface area contributed by atoms with E-state index < -0.39 is 11.8 Å². The number of nitrogens with one attached hydrogen (secondary N) is 2. The molecule has 0 atom stereocenters. The Bertz CT molecular complexity index is 615. The van der Waals surface area contributed by atoms with Crippen LogP contribution in [0.3, 0.4) is 0 Å². The first kappa shape index (κ1) is 16.7. The van der Waals surface area contributed by atoms with Crippen LogP contribution in [0.15, 0.2) is 24.3 Å². The molecule has 0 aliphatic heterocycles. The Hall–Kier alpha value is -2.15. The second-order valence-electron chi connectivity index (χ2n) is 6.70. The molecule has 0 heterocycles. The van der Waals surface area contributed by atoms with Crippen molar-refractivity contribution in [1.82, 2.24) is 10.2 Å². The molecule has 1 aromatic carbocycles. The van der Waals surface area contributed by atoms with Gasteiger partial charge in [0, 0.05) is 24.3 Å². The number of aliphatic carboxylic acids is 1. The number of carbonyl (C=O) groups excluding carboxylic acids is 1. The molecule has 3 N–H and O–H groups in total. The van der Waals surface area contributed by atoms with Crippen molar-refractivity contribution < 1.29 is 19.1 Å². The standard InChI is InChI=1S/C17H22FN3O3/c18-12-2-1-3-13(6-12)19-17(24)20-14-7-15(8-14)21(10-16(22)23)9-11-4-5-11/h1-3,6,11,14-15H,4-5,7-10H2,(H,22,23)(H2,19,20,24). The third-order valence-corrected chi connectivity index (χ3v) is 4.58. The van der Waals surface area contributed by atoms with Crippen LogP contribution < -0.4 is 10.6 Å². The summed E-state index contributed by atoms with van der Waals surface area (Å²) in [6.45, 7) is 0.891. The number of benzene rings is 1. The molecule has 0 saturated heterocycles. The van der Waals surface area contributed by atoms with Gasteiger partial charge in [-0.25, -0.2) is 9.18 Å². The van der Waals surface area contributed by atoms with Gasteiger partial charge in [0.2, 0.25) is 0 Å². The smallest absolute Gasteiger partial charge is 0.319 e. The molecular weight excluding hydrogens is 313 g/mol. The van der Waals surface area contributed by atoms with Crippen molar-refractivity contribution in [2.75, 3.05) is 18.4 Å². The monoisotopic (exact) mass is 335 g/mol. The van der Waals surface area contributed by atoms with Crippen LogP contribution >= 0.6 is 0 Å².